The molecule has 21 heteroatoms. The van der Waals surface area contributed by atoms with Gasteiger partial charge in [-0.2, -0.15) is 0 Å². The summed E-state index contributed by atoms with van der Waals surface area (Å²) in [6.45, 7) is 23.3. The van der Waals surface area contributed by atoms with E-state index in [0.29, 0.717) is 50.0 Å². The molecule has 2 fully saturated rings. The minimum atomic E-state index is -3.98. The molecule has 1 saturated heterocycles. The first kappa shape index (κ1) is 63.3. The molecule has 1 aliphatic carbocycles. The second-order valence-electron chi connectivity index (χ2n) is 22.6. The molecule has 9 atom stereocenters. The minimum Gasteiger partial charge on any atom is -0.482 e. The average Bonchev–Trinajstić information content (AvgIpc) is 4.06. The number of nitrogens with one attached hydrogen (secondary N) is 3. The summed E-state index contributed by atoms with van der Waals surface area (Å²) in [6, 6.07) is 1.99. The van der Waals surface area contributed by atoms with E-state index in [1.165, 1.54) is 26.2 Å². The molecule has 0 aromatic heterocycles. The molecule has 1 aliphatic heterocycles. The lowest BCUT2D eigenvalue weighted by Gasteiger charge is -2.41. The van der Waals surface area contributed by atoms with Crippen LogP contribution in [0.5, 0.6) is 5.75 Å². The van der Waals surface area contributed by atoms with Gasteiger partial charge in [-0.25, -0.2) is 18.0 Å². The zero-order valence-electron chi connectivity index (χ0n) is 47.1. The highest BCUT2D eigenvalue weighted by atomic mass is 32.2. The number of hydrogen-bond donors (Lipinski definition) is 3. The third-order valence-corrected chi connectivity index (χ3v) is 15.3. The molecule has 0 spiro atoms. The molecule has 0 bridgehead atoms. The number of sulfonamides is 1. The molecule has 1 aromatic carbocycles. The average molecular weight is 1070 g/mol. The van der Waals surface area contributed by atoms with Crippen LogP contribution in [0.1, 0.15) is 134 Å². The van der Waals surface area contributed by atoms with E-state index in [9.17, 15) is 42.0 Å². The zero-order chi connectivity index (χ0) is 56.2. The molecule has 3 rings (SSSR count). The van der Waals surface area contributed by atoms with Crippen molar-refractivity contribution < 1.29 is 65.7 Å². The van der Waals surface area contributed by atoms with Crippen LogP contribution >= 0.6 is 0 Å². The van der Waals surface area contributed by atoms with Crippen LogP contribution < -0.4 is 20.1 Å². The van der Waals surface area contributed by atoms with Crippen LogP contribution in [0.3, 0.4) is 0 Å². The maximum Gasteiger partial charge on any atom is 0.410 e. The third-order valence-electron chi connectivity index (χ3n) is 13.5. The van der Waals surface area contributed by atoms with Crippen LogP contribution in [-0.4, -0.2) is 165 Å². The molecule has 1 heterocycles. The van der Waals surface area contributed by atoms with Crippen LogP contribution in [0.25, 0.3) is 0 Å². The van der Waals surface area contributed by atoms with Gasteiger partial charge < -0.3 is 44.1 Å². The number of likely N-dealkylation sites (tertiary alicyclic amines) is 1. The Bertz CT molecular complexity index is 2190. The third kappa shape index (κ3) is 18.4. The molecular weight excluding hydrogens is 977 g/mol. The van der Waals surface area contributed by atoms with E-state index < -0.39 is 111 Å². The lowest BCUT2D eigenvalue weighted by Crippen LogP contribution is -2.60. The van der Waals surface area contributed by atoms with Crippen molar-refractivity contribution in [2.24, 2.45) is 23.7 Å². The molecule has 74 heavy (non-hydrogen) atoms. The Morgan fingerprint density at radius 3 is 1.86 bits per heavy atom. The fourth-order valence-corrected chi connectivity index (χ4v) is 10.7. The maximum atomic E-state index is 14.6. The number of carbonyl (C=O) groups is 7. The normalized spacial score (nSPS) is 18.5. The summed E-state index contributed by atoms with van der Waals surface area (Å²) in [4.78, 5) is 101. The molecule has 1 aromatic rings. The second-order valence-corrected chi connectivity index (χ2v) is 24.6. The van der Waals surface area contributed by atoms with Gasteiger partial charge in [0.05, 0.1) is 41.9 Å². The van der Waals surface area contributed by atoms with Gasteiger partial charge in [0.25, 0.3) is 5.91 Å². The van der Waals surface area contributed by atoms with Gasteiger partial charge in [0.2, 0.25) is 33.7 Å². The molecule has 3 N–H and O–H groups in total. The monoisotopic (exact) mass is 1060 g/mol. The van der Waals surface area contributed by atoms with Crippen LogP contribution in [0.4, 0.5) is 4.79 Å². The van der Waals surface area contributed by atoms with E-state index in [-0.39, 0.29) is 43.1 Å². The van der Waals surface area contributed by atoms with Crippen molar-refractivity contribution in [3.8, 4) is 5.75 Å². The minimum absolute atomic E-state index is 0.0938. The predicted octanol–water partition coefficient (Wildman–Crippen LogP) is 5.00. The van der Waals surface area contributed by atoms with Crippen molar-refractivity contribution >= 4 is 51.6 Å². The number of rotatable bonds is 26. The highest BCUT2D eigenvalue weighted by Gasteiger charge is 2.45. The van der Waals surface area contributed by atoms with Gasteiger partial charge in [-0.05, 0) is 103 Å². The number of benzene rings is 1. The van der Waals surface area contributed by atoms with E-state index in [0.717, 1.165) is 0 Å². The number of amides is 6. The smallest absolute Gasteiger partial charge is 0.410 e. The molecule has 420 valence electrons. The molecule has 2 aliphatic rings. The summed E-state index contributed by atoms with van der Waals surface area (Å²) in [5, 5.41) is 5.00. The quantitative estimate of drug-likeness (QED) is 0.104. The number of nitrogens with zero attached hydrogens (tertiary/aromatic N) is 3. The summed E-state index contributed by atoms with van der Waals surface area (Å²) in [7, 11) is 2.07. The first-order valence-corrected chi connectivity index (χ1v) is 27.5. The first-order chi connectivity index (χ1) is 34.3. The highest BCUT2D eigenvalue weighted by Crippen LogP contribution is 2.31. The van der Waals surface area contributed by atoms with Crippen molar-refractivity contribution in [2.45, 2.75) is 194 Å². The summed E-state index contributed by atoms with van der Waals surface area (Å²) >= 11 is 0. The number of ether oxygens (including phenoxy) is 5. The lowest BCUT2D eigenvalue weighted by atomic mass is 9.89. The topological polar surface area (TPSA) is 246 Å². The van der Waals surface area contributed by atoms with E-state index in [4.69, 9.17) is 23.7 Å². The zero-order valence-corrected chi connectivity index (χ0v) is 47.9. The maximum absolute atomic E-state index is 14.6. The fraction of sp³-hybridized carbons (Fsp3) is 0.755. The van der Waals surface area contributed by atoms with Gasteiger partial charge in [0.15, 0.2) is 6.61 Å². The Kier molecular flexibility index (Phi) is 23.2. The van der Waals surface area contributed by atoms with Crippen molar-refractivity contribution in [1.82, 2.24) is 30.1 Å². The van der Waals surface area contributed by atoms with Crippen LogP contribution in [0.15, 0.2) is 24.3 Å². The standard InChI is InChI=1S/C53H88N6O14S/c1-18-33(6)45(57(14)50(65)43(31(2)3)55-49(64)44(32(4)5)58(15)51(66)73-53(11,12)13)40(69-16)29-41(60)59-27-19-20-39(59)46(70-17)34(7)47(62)54-38(48(63)56-74(67,68)37-25-26-37)28-35-21-23-36(24-22-35)71-30-42(61)72-52(8,9)10/h21-24,31-34,37-40,43-46H,18-20,25-30H2,1-17H3,(H,54,62)(H,55,64)(H,56,63). The van der Waals surface area contributed by atoms with E-state index >= 15 is 0 Å². The van der Waals surface area contributed by atoms with E-state index in [1.54, 1.807) is 103 Å². The van der Waals surface area contributed by atoms with Gasteiger partial charge in [-0.3, -0.25) is 33.6 Å². The van der Waals surface area contributed by atoms with Crippen molar-refractivity contribution in [1.29, 1.82) is 0 Å². The fourth-order valence-electron chi connectivity index (χ4n) is 9.31. The Morgan fingerprint density at radius 1 is 0.770 bits per heavy atom. The summed E-state index contributed by atoms with van der Waals surface area (Å²) in [5.74, 6) is -4.72. The first-order valence-electron chi connectivity index (χ1n) is 25.9. The van der Waals surface area contributed by atoms with Crippen molar-refractivity contribution in [3.05, 3.63) is 29.8 Å². The van der Waals surface area contributed by atoms with Crippen molar-refractivity contribution in [2.75, 3.05) is 41.5 Å². The number of methoxy groups -OCH3 is 2. The summed E-state index contributed by atoms with van der Waals surface area (Å²) in [6.07, 6.45) is 0.0133. The van der Waals surface area contributed by atoms with Gasteiger partial charge in [0.1, 0.15) is 35.1 Å². The number of likely N-dealkylation sites (N-methyl/N-ethyl adjacent to an activating group) is 2. The van der Waals surface area contributed by atoms with Gasteiger partial charge in [0, 0.05) is 41.3 Å². The Hall–Kier alpha value is -5.02. The number of hydrogen-bond acceptors (Lipinski definition) is 14. The lowest BCUT2D eigenvalue weighted by molar-refractivity contribution is -0.157. The Morgan fingerprint density at radius 2 is 1.36 bits per heavy atom. The van der Waals surface area contributed by atoms with Crippen molar-refractivity contribution in [3.63, 3.8) is 0 Å². The molecule has 0 radical (unpaired) electrons. The van der Waals surface area contributed by atoms with Crippen LogP contribution in [-0.2, 0) is 64.2 Å². The largest absolute Gasteiger partial charge is 0.482 e. The molecule has 6 amide bonds. The highest BCUT2D eigenvalue weighted by molar-refractivity contribution is 7.90. The Labute approximate surface area is 440 Å². The summed E-state index contributed by atoms with van der Waals surface area (Å²) < 4.78 is 56.5. The SMILES string of the molecule is CCC(C)C(C(CC(=O)N1CCCC1C(OC)C(C)C(=O)NC(Cc1ccc(OCC(=O)OC(C)(C)C)cc1)C(=O)NS(=O)(=O)C1CC1)OC)N(C)C(=O)C(NC(=O)C(C(C)C)N(C)C(=O)OC(C)(C)C)C(C)C. The molecule has 20 nitrogen and oxygen atoms in total. The predicted molar refractivity (Wildman–Crippen MR) is 279 cm³/mol. The molecule has 9 unspecified atom stereocenters. The number of esters is 1. The van der Waals surface area contributed by atoms with E-state index in [1.807, 2.05) is 27.7 Å². The number of carbonyl (C=O) groups excluding carboxylic acids is 7. The molecule has 1 saturated carbocycles. The Balaban J connectivity index is 1.82. The van der Waals surface area contributed by atoms with Crippen LogP contribution in [0.2, 0.25) is 0 Å². The van der Waals surface area contributed by atoms with E-state index in [2.05, 4.69) is 15.4 Å². The second kappa shape index (κ2) is 27.2. The summed E-state index contributed by atoms with van der Waals surface area (Å²) in [5.41, 5.74) is -0.919. The molecular formula is C53H88N6O14S. The van der Waals surface area contributed by atoms with Crippen LogP contribution in [0, 0.1) is 23.7 Å². The van der Waals surface area contributed by atoms with Gasteiger partial charge in [-0.15, -0.1) is 0 Å². The van der Waals surface area contributed by atoms with Gasteiger partial charge >= 0.3 is 12.1 Å². The van der Waals surface area contributed by atoms with Gasteiger partial charge in [-0.1, -0.05) is 67.0 Å².